The topological polar surface area (TPSA) is 66.8 Å². The molecule has 0 saturated heterocycles. The molecular weight excluding hydrogens is 412 g/mol. The molecule has 8 heteroatoms. The highest BCUT2D eigenvalue weighted by Gasteiger charge is 2.33. The molecule has 1 aromatic carbocycles. The molecule has 1 aliphatic rings. The fourth-order valence-corrected chi connectivity index (χ4v) is 5.00. The Kier molecular flexibility index (Phi) is 6.75. The number of hydrogen-bond donors (Lipinski definition) is 1. The molecule has 0 bridgehead atoms. The van der Waals surface area contributed by atoms with Crippen molar-refractivity contribution in [1.82, 2.24) is 0 Å². The van der Waals surface area contributed by atoms with E-state index in [-0.39, 0.29) is 23.6 Å². The van der Waals surface area contributed by atoms with Gasteiger partial charge in [-0.3, -0.25) is 9.69 Å². The highest BCUT2D eigenvalue weighted by atomic mass is 32.1. The number of hydrogen-bond acceptors (Lipinski definition) is 4. The van der Waals surface area contributed by atoms with Gasteiger partial charge in [0.15, 0.2) is 17.4 Å². The zero-order valence-electron chi connectivity index (χ0n) is 17.2. The standard InChI is InChI=1S/C22H25F2NO4S/c1-12(2)25(20(26)14-6-4-13(3)5-7-14)21-18(29-22(27)28)11-19(30-21)15-8-9-16(23)17(24)10-15/h8-14H,4-7H2,1-3H3,(H,27,28). The van der Waals surface area contributed by atoms with Crippen molar-refractivity contribution in [2.45, 2.75) is 52.5 Å². The van der Waals surface area contributed by atoms with E-state index >= 15 is 0 Å². The van der Waals surface area contributed by atoms with Crippen molar-refractivity contribution in [2.24, 2.45) is 11.8 Å². The lowest BCUT2D eigenvalue weighted by Crippen LogP contribution is -2.42. The minimum absolute atomic E-state index is 0.0125. The Morgan fingerprint density at radius 3 is 2.37 bits per heavy atom. The molecule has 3 rings (SSSR count). The first-order valence-electron chi connectivity index (χ1n) is 10.0. The summed E-state index contributed by atoms with van der Waals surface area (Å²) in [4.78, 5) is 26.6. The van der Waals surface area contributed by atoms with Crippen LogP contribution < -0.4 is 9.64 Å². The monoisotopic (exact) mass is 437 g/mol. The van der Waals surface area contributed by atoms with Crippen LogP contribution in [0.1, 0.15) is 46.5 Å². The molecule has 30 heavy (non-hydrogen) atoms. The molecule has 0 aliphatic heterocycles. The van der Waals surface area contributed by atoms with Gasteiger partial charge < -0.3 is 9.84 Å². The Morgan fingerprint density at radius 1 is 1.13 bits per heavy atom. The summed E-state index contributed by atoms with van der Waals surface area (Å²) in [5.41, 5.74) is 0.378. The quantitative estimate of drug-likeness (QED) is 0.556. The largest absolute Gasteiger partial charge is 0.511 e. The van der Waals surface area contributed by atoms with Crippen molar-refractivity contribution in [1.29, 1.82) is 0 Å². The van der Waals surface area contributed by atoms with E-state index in [1.807, 2.05) is 13.8 Å². The van der Waals surface area contributed by atoms with E-state index in [9.17, 15) is 18.4 Å². The van der Waals surface area contributed by atoms with Gasteiger partial charge in [0.25, 0.3) is 0 Å². The number of anilines is 1. The van der Waals surface area contributed by atoms with Crippen LogP contribution >= 0.6 is 11.3 Å². The van der Waals surface area contributed by atoms with E-state index in [1.165, 1.54) is 12.1 Å². The first-order chi connectivity index (χ1) is 14.2. The number of carboxylic acid groups (broad SMARTS) is 1. The summed E-state index contributed by atoms with van der Waals surface area (Å²) in [6.45, 7) is 5.88. The smallest absolute Gasteiger partial charge is 0.449 e. The molecular formula is C22H25F2NO4S. The maximum atomic E-state index is 13.7. The summed E-state index contributed by atoms with van der Waals surface area (Å²) in [6.07, 6.45) is 2.03. The molecule has 0 spiro atoms. The lowest BCUT2D eigenvalue weighted by Gasteiger charge is -2.33. The Balaban J connectivity index is 2.01. The fraction of sp³-hybridized carbons (Fsp3) is 0.455. The van der Waals surface area contributed by atoms with E-state index < -0.39 is 17.8 Å². The number of rotatable bonds is 5. The Morgan fingerprint density at radius 2 is 1.80 bits per heavy atom. The fourth-order valence-electron chi connectivity index (χ4n) is 3.78. The molecule has 1 saturated carbocycles. The number of carbonyl (C=O) groups excluding carboxylic acids is 1. The molecule has 0 radical (unpaired) electrons. The van der Waals surface area contributed by atoms with Gasteiger partial charge in [-0.15, -0.1) is 11.3 Å². The van der Waals surface area contributed by atoms with Crippen LogP contribution in [0, 0.1) is 23.5 Å². The molecule has 162 valence electrons. The molecule has 1 fully saturated rings. The van der Waals surface area contributed by atoms with Crippen LogP contribution in [0.3, 0.4) is 0 Å². The van der Waals surface area contributed by atoms with Crippen molar-refractivity contribution in [3.63, 3.8) is 0 Å². The normalized spacial score (nSPS) is 19.0. The minimum Gasteiger partial charge on any atom is -0.449 e. The van der Waals surface area contributed by atoms with E-state index in [2.05, 4.69) is 6.92 Å². The van der Waals surface area contributed by atoms with Gasteiger partial charge in [-0.2, -0.15) is 0 Å². The van der Waals surface area contributed by atoms with Gasteiger partial charge in [-0.1, -0.05) is 13.0 Å². The second-order valence-electron chi connectivity index (χ2n) is 8.04. The molecule has 2 aromatic rings. The van der Waals surface area contributed by atoms with E-state index in [1.54, 1.807) is 4.90 Å². The van der Waals surface area contributed by atoms with Crippen LogP contribution in [0.25, 0.3) is 10.4 Å². The van der Waals surface area contributed by atoms with E-state index in [4.69, 9.17) is 9.84 Å². The number of carbonyl (C=O) groups is 2. The van der Waals surface area contributed by atoms with Crippen LogP contribution in [0.2, 0.25) is 0 Å². The van der Waals surface area contributed by atoms with Gasteiger partial charge in [0.1, 0.15) is 5.00 Å². The highest BCUT2D eigenvalue weighted by molar-refractivity contribution is 7.20. The minimum atomic E-state index is -1.51. The van der Waals surface area contributed by atoms with Crippen LogP contribution in [0.5, 0.6) is 5.75 Å². The van der Waals surface area contributed by atoms with Gasteiger partial charge in [-0.05, 0) is 63.1 Å². The Hall–Kier alpha value is -2.48. The average molecular weight is 438 g/mol. The number of thiophene rings is 1. The highest BCUT2D eigenvalue weighted by Crippen LogP contribution is 2.45. The maximum Gasteiger partial charge on any atom is 0.511 e. The summed E-state index contributed by atoms with van der Waals surface area (Å²) in [5.74, 6) is -1.56. The van der Waals surface area contributed by atoms with Crippen LogP contribution in [0.4, 0.5) is 18.6 Å². The summed E-state index contributed by atoms with van der Waals surface area (Å²) >= 11 is 1.13. The maximum absolute atomic E-state index is 13.7. The number of amides is 1. The van der Waals surface area contributed by atoms with Gasteiger partial charge in [0.2, 0.25) is 5.91 Å². The Bertz CT molecular complexity index is 935. The molecule has 0 unspecified atom stereocenters. The van der Waals surface area contributed by atoms with Gasteiger partial charge in [0.05, 0.1) is 0 Å². The van der Waals surface area contributed by atoms with Gasteiger partial charge >= 0.3 is 6.16 Å². The second-order valence-corrected chi connectivity index (χ2v) is 9.07. The van der Waals surface area contributed by atoms with Crippen molar-refractivity contribution in [3.8, 4) is 16.2 Å². The van der Waals surface area contributed by atoms with Gasteiger partial charge in [-0.25, -0.2) is 13.6 Å². The van der Waals surface area contributed by atoms with Crippen LogP contribution in [-0.4, -0.2) is 23.2 Å². The van der Waals surface area contributed by atoms with Crippen LogP contribution in [0.15, 0.2) is 24.3 Å². The van der Waals surface area contributed by atoms with E-state index in [0.717, 1.165) is 49.2 Å². The predicted octanol–water partition coefficient (Wildman–Crippen LogP) is 6.32. The van der Waals surface area contributed by atoms with Gasteiger partial charge in [0, 0.05) is 22.9 Å². The third-order valence-electron chi connectivity index (χ3n) is 5.42. The molecule has 1 aromatic heterocycles. The zero-order chi connectivity index (χ0) is 22.0. The first kappa shape index (κ1) is 22.2. The summed E-state index contributed by atoms with van der Waals surface area (Å²) in [6, 6.07) is 4.68. The van der Waals surface area contributed by atoms with Crippen molar-refractivity contribution >= 4 is 28.4 Å². The molecule has 0 atom stereocenters. The number of benzene rings is 1. The molecule has 5 nitrogen and oxygen atoms in total. The number of nitrogens with zero attached hydrogens (tertiary/aromatic N) is 1. The Labute approximate surface area is 178 Å². The lowest BCUT2D eigenvalue weighted by molar-refractivity contribution is -0.123. The lowest BCUT2D eigenvalue weighted by atomic mass is 9.82. The summed E-state index contributed by atoms with van der Waals surface area (Å²) in [7, 11) is 0. The van der Waals surface area contributed by atoms with Crippen molar-refractivity contribution in [2.75, 3.05) is 4.90 Å². The van der Waals surface area contributed by atoms with Crippen molar-refractivity contribution < 1.29 is 28.2 Å². The average Bonchev–Trinajstić information content (AvgIpc) is 3.07. The van der Waals surface area contributed by atoms with Crippen LogP contribution in [-0.2, 0) is 4.79 Å². The third kappa shape index (κ3) is 4.80. The second kappa shape index (κ2) is 9.12. The zero-order valence-corrected chi connectivity index (χ0v) is 18.0. The predicted molar refractivity (Wildman–Crippen MR) is 112 cm³/mol. The first-order valence-corrected chi connectivity index (χ1v) is 10.8. The molecule has 1 amide bonds. The molecule has 1 aliphatic carbocycles. The number of halogens is 2. The summed E-state index contributed by atoms with van der Waals surface area (Å²) in [5, 5.41) is 9.52. The van der Waals surface area contributed by atoms with Crippen molar-refractivity contribution in [3.05, 3.63) is 35.9 Å². The summed E-state index contributed by atoms with van der Waals surface area (Å²) < 4.78 is 32.0. The van der Waals surface area contributed by atoms with E-state index in [0.29, 0.717) is 21.4 Å². The molecule has 1 N–H and O–H groups in total. The molecule has 1 heterocycles. The SMILES string of the molecule is CC1CCC(C(=O)N(c2sc(-c3ccc(F)c(F)c3)cc2OC(=O)O)C(C)C)CC1. The third-order valence-corrected chi connectivity index (χ3v) is 6.58. The number of ether oxygens (including phenoxy) is 1.